The van der Waals surface area contributed by atoms with Gasteiger partial charge in [-0.05, 0) is 25.9 Å². The molecule has 1 aromatic rings. The van der Waals surface area contributed by atoms with Crippen LogP contribution in [0.15, 0.2) is 15.8 Å². The van der Waals surface area contributed by atoms with Gasteiger partial charge in [-0.3, -0.25) is 19.2 Å². The minimum atomic E-state index is -1.37. The molecule has 4 atom stereocenters. The van der Waals surface area contributed by atoms with Gasteiger partial charge in [-0.1, -0.05) is 0 Å². The van der Waals surface area contributed by atoms with Gasteiger partial charge in [-0.15, -0.1) is 0 Å². The van der Waals surface area contributed by atoms with Gasteiger partial charge < -0.3 is 20.1 Å². The number of H-pyrrole nitrogens is 1. The van der Waals surface area contributed by atoms with E-state index < -0.39 is 42.4 Å². The number of aromatic amines is 1. The smallest absolute Gasteiger partial charge is 0.330 e. The van der Waals surface area contributed by atoms with Crippen LogP contribution in [0.5, 0.6) is 0 Å². The first-order valence-electron chi connectivity index (χ1n) is 7.70. The van der Waals surface area contributed by atoms with Crippen LogP contribution in [0.1, 0.15) is 24.6 Å². The Morgan fingerprint density at radius 1 is 1.22 bits per heavy atom. The molecule has 3 rings (SSSR count). The average molecular weight is 327 g/mol. The molecule has 0 radical (unpaired) electrons. The van der Waals surface area contributed by atoms with Gasteiger partial charge in [-0.2, -0.15) is 0 Å². The minimum absolute atomic E-state index is 0.393. The fourth-order valence-electron chi connectivity index (χ4n) is 3.12. The highest BCUT2D eigenvalue weighted by Crippen LogP contribution is 2.28. The summed E-state index contributed by atoms with van der Waals surface area (Å²) in [7, 11) is 0. The van der Waals surface area contributed by atoms with Crippen molar-refractivity contribution in [2.24, 2.45) is 0 Å². The first-order valence-corrected chi connectivity index (χ1v) is 7.70. The zero-order valence-corrected chi connectivity index (χ0v) is 12.6. The Labute approximate surface area is 131 Å². The standard InChI is InChI=1S/C14H21N3O6/c18-7-9-10(19)11(20)13(23-9)17-6-8(12(21)15-14(17)22)5-16-3-1-2-4-16/h6,9-11,13,18-20H,1-5,7H2,(H,15,21,22)/t9-,10?,11?,13-/m1/s1. The number of hydrogen-bond acceptors (Lipinski definition) is 7. The van der Waals surface area contributed by atoms with Gasteiger partial charge in [0.2, 0.25) is 0 Å². The van der Waals surface area contributed by atoms with Crippen molar-refractivity contribution in [3.8, 4) is 0 Å². The van der Waals surface area contributed by atoms with Gasteiger partial charge in [0.25, 0.3) is 5.56 Å². The molecular formula is C14H21N3O6. The molecule has 1 aromatic heterocycles. The Kier molecular flexibility index (Phi) is 4.64. The van der Waals surface area contributed by atoms with Gasteiger partial charge in [0, 0.05) is 18.3 Å². The number of aromatic nitrogens is 2. The summed E-state index contributed by atoms with van der Waals surface area (Å²) in [6.07, 6.45) is -1.28. The quantitative estimate of drug-likeness (QED) is 0.491. The lowest BCUT2D eigenvalue weighted by Gasteiger charge is -2.19. The van der Waals surface area contributed by atoms with E-state index in [9.17, 15) is 19.8 Å². The molecule has 0 bridgehead atoms. The topological polar surface area (TPSA) is 128 Å². The molecule has 0 aromatic carbocycles. The van der Waals surface area contributed by atoms with Crippen LogP contribution in [-0.2, 0) is 11.3 Å². The summed E-state index contributed by atoms with van der Waals surface area (Å²) in [5.74, 6) is 0. The second-order valence-corrected chi connectivity index (χ2v) is 6.03. The Balaban J connectivity index is 1.90. The molecule has 2 saturated heterocycles. The Morgan fingerprint density at radius 3 is 2.52 bits per heavy atom. The molecule has 2 aliphatic rings. The molecule has 9 nitrogen and oxygen atoms in total. The summed E-state index contributed by atoms with van der Waals surface area (Å²) in [6.45, 7) is 1.72. The third-order valence-electron chi connectivity index (χ3n) is 4.43. The molecule has 0 amide bonds. The van der Waals surface area contributed by atoms with Gasteiger partial charge >= 0.3 is 5.69 Å². The lowest BCUT2D eigenvalue weighted by Crippen LogP contribution is -2.39. The van der Waals surface area contributed by atoms with E-state index in [0.717, 1.165) is 30.5 Å². The molecule has 2 fully saturated rings. The van der Waals surface area contributed by atoms with Crippen molar-refractivity contribution in [3.63, 3.8) is 0 Å². The molecule has 0 spiro atoms. The van der Waals surface area contributed by atoms with Crippen molar-refractivity contribution in [1.29, 1.82) is 0 Å². The minimum Gasteiger partial charge on any atom is -0.394 e. The highest BCUT2D eigenvalue weighted by molar-refractivity contribution is 5.06. The van der Waals surface area contributed by atoms with Crippen molar-refractivity contribution in [1.82, 2.24) is 14.5 Å². The van der Waals surface area contributed by atoms with E-state index in [-0.39, 0.29) is 0 Å². The fourth-order valence-corrected chi connectivity index (χ4v) is 3.12. The molecule has 9 heteroatoms. The number of hydrogen-bond donors (Lipinski definition) is 4. The summed E-state index contributed by atoms with van der Waals surface area (Å²) >= 11 is 0. The van der Waals surface area contributed by atoms with Crippen LogP contribution in [0.2, 0.25) is 0 Å². The average Bonchev–Trinajstić information content (AvgIpc) is 3.12. The summed E-state index contributed by atoms with van der Waals surface area (Å²) in [5.41, 5.74) is -0.802. The van der Waals surface area contributed by atoms with E-state index in [4.69, 9.17) is 9.84 Å². The maximum atomic E-state index is 12.0. The summed E-state index contributed by atoms with van der Waals surface area (Å²) in [4.78, 5) is 28.3. The van der Waals surface area contributed by atoms with E-state index in [1.54, 1.807) is 0 Å². The Bertz CT molecular complexity index is 665. The maximum absolute atomic E-state index is 12.0. The van der Waals surface area contributed by atoms with Crippen molar-refractivity contribution >= 4 is 0 Å². The predicted octanol–water partition coefficient (Wildman–Crippen LogP) is -2.26. The predicted molar refractivity (Wildman–Crippen MR) is 78.8 cm³/mol. The molecule has 0 aliphatic carbocycles. The van der Waals surface area contributed by atoms with E-state index in [1.807, 2.05) is 0 Å². The zero-order valence-electron chi connectivity index (χ0n) is 12.6. The first-order chi connectivity index (χ1) is 11.0. The van der Waals surface area contributed by atoms with E-state index >= 15 is 0 Å². The number of ether oxygens (including phenoxy) is 1. The van der Waals surface area contributed by atoms with Gasteiger partial charge in [0.05, 0.1) is 6.61 Å². The SMILES string of the molecule is O=c1[nH]c(=O)n([C@@H]2O[C@H](CO)C(O)C2O)cc1CN1CCCC1. The number of likely N-dealkylation sites (tertiary alicyclic amines) is 1. The monoisotopic (exact) mass is 327 g/mol. The maximum Gasteiger partial charge on any atom is 0.330 e. The van der Waals surface area contributed by atoms with Crippen LogP contribution in [-0.4, -0.2) is 67.8 Å². The molecule has 0 saturated carbocycles. The largest absolute Gasteiger partial charge is 0.394 e. The lowest BCUT2D eigenvalue weighted by atomic mass is 10.1. The van der Waals surface area contributed by atoms with Crippen molar-refractivity contribution in [2.45, 2.75) is 43.9 Å². The highest BCUT2D eigenvalue weighted by atomic mass is 16.6. The fraction of sp³-hybridized carbons (Fsp3) is 0.714. The number of aliphatic hydroxyl groups excluding tert-OH is 3. The molecule has 23 heavy (non-hydrogen) atoms. The molecule has 128 valence electrons. The Morgan fingerprint density at radius 2 is 1.91 bits per heavy atom. The van der Waals surface area contributed by atoms with Crippen LogP contribution in [0.25, 0.3) is 0 Å². The second kappa shape index (κ2) is 6.54. The summed E-state index contributed by atoms with van der Waals surface area (Å²) < 4.78 is 6.41. The van der Waals surface area contributed by atoms with Crippen LogP contribution in [0.4, 0.5) is 0 Å². The zero-order chi connectivity index (χ0) is 16.6. The molecule has 3 heterocycles. The highest BCUT2D eigenvalue weighted by Gasteiger charge is 2.43. The third-order valence-corrected chi connectivity index (χ3v) is 4.43. The number of rotatable bonds is 4. The van der Waals surface area contributed by atoms with Gasteiger partial charge in [-0.25, -0.2) is 4.79 Å². The van der Waals surface area contributed by atoms with E-state index in [2.05, 4.69) is 9.88 Å². The molecule has 2 unspecified atom stereocenters. The third kappa shape index (κ3) is 3.10. The normalized spacial score (nSPS) is 31.8. The Hall–Kier alpha value is -1.52. The van der Waals surface area contributed by atoms with Crippen LogP contribution in [0.3, 0.4) is 0 Å². The van der Waals surface area contributed by atoms with Crippen molar-refractivity contribution in [3.05, 3.63) is 32.6 Å². The van der Waals surface area contributed by atoms with E-state index in [1.165, 1.54) is 6.20 Å². The van der Waals surface area contributed by atoms with Crippen molar-refractivity contribution < 1.29 is 20.1 Å². The molecule has 2 aliphatic heterocycles. The summed E-state index contributed by atoms with van der Waals surface area (Å²) in [6, 6.07) is 0. The van der Waals surface area contributed by atoms with Crippen LogP contribution < -0.4 is 11.2 Å². The van der Waals surface area contributed by atoms with Crippen molar-refractivity contribution in [2.75, 3.05) is 19.7 Å². The number of nitrogens with one attached hydrogen (secondary N) is 1. The number of nitrogens with zero attached hydrogens (tertiary/aromatic N) is 2. The van der Waals surface area contributed by atoms with Crippen LogP contribution >= 0.6 is 0 Å². The van der Waals surface area contributed by atoms with Gasteiger partial charge in [0.15, 0.2) is 6.23 Å². The van der Waals surface area contributed by atoms with Gasteiger partial charge in [0.1, 0.15) is 18.3 Å². The number of aliphatic hydroxyl groups is 3. The lowest BCUT2D eigenvalue weighted by molar-refractivity contribution is -0.0551. The summed E-state index contributed by atoms with van der Waals surface area (Å²) in [5, 5.41) is 29.0. The molecular weight excluding hydrogens is 306 g/mol. The molecule has 4 N–H and O–H groups in total. The second-order valence-electron chi connectivity index (χ2n) is 6.03. The van der Waals surface area contributed by atoms with Crippen LogP contribution in [0, 0.1) is 0 Å². The first kappa shape index (κ1) is 16.3. The van der Waals surface area contributed by atoms with E-state index in [0.29, 0.717) is 12.1 Å².